The zero-order chi connectivity index (χ0) is 13.4. The highest BCUT2D eigenvalue weighted by atomic mass is 79.9. The molecule has 0 aromatic carbocycles. The molecule has 2 fully saturated rings. The maximum Gasteiger partial charge on any atom is 0.256 e. The molecule has 3 heterocycles. The van der Waals surface area contributed by atoms with Gasteiger partial charge < -0.3 is 4.90 Å². The first-order chi connectivity index (χ1) is 9.16. The van der Waals surface area contributed by atoms with E-state index in [9.17, 15) is 4.79 Å². The summed E-state index contributed by atoms with van der Waals surface area (Å²) < 4.78 is 0.641. The van der Waals surface area contributed by atoms with Crippen molar-refractivity contribution in [1.82, 2.24) is 14.8 Å². The van der Waals surface area contributed by atoms with E-state index in [4.69, 9.17) is 0 Å². The third-order valence-electron chi connectivity index (χ3n) is 4.43. The fourth-order valence-electron chi connectivity index (χ4n) is 3.21. The Bertz CT molecular complexity index is 493. The van der Waals surface area contributed by atoms with Crippen molar-refractivity contribution in [3.8, 4) is 0 Å². The van der Waals surface area contributed by atoms with E-state index in [1.165, 1.54) is 12.8 Å². The quantitative estimate of drug-likeness (QED) is 0.743. The van der Waals surface area contributed by atoms with E-state index in [0.29, 0.717) is 22.3 Å². The zero-order valence-electron chi connectivity index (χ0n) is 11.1. The highest BCUT2D eigenvalue weighted by Gasteiger charge is 2.36. The lowest BCUT2D eigenvalue weighted by Gasteiger charge is -2.26. The molecule has 19 heavy (non-hydrogen) atoms. The zero-order valence-corrected chi connectivity index (χ0v) is 12.6. The van der Waals surface area contributed by atoms with Crippen molar-refractivity contribution in [1.29, 1.82) is 0 Å². The molecule has 0 radical (unpaired) electrons. The number of fused-ring (bicyclic) bond motifs is 2. The van der Waals surface area contributed by atoms with Crippen LogP contribution < -0.4 is 0 Å². The summed E-state index contributed by atoms with van der Waals surface area (Å²) in [5, 5.41) is 0. The molecule has 0 saturated carbocycles. The molecular weight excluding hydrogens is 306 g/mol. The van der Waals surface area contributed by atoms with Gasteiger partial charge in [-0.2, -0.15) is 0 Å². The standard InChI is InChI=1S/C14H18BrN3O/c1-17-10-4-5-11(17)9-18(8-6-10)14(19)12-3-2-7-16-13(12)15/h2-3,7,10-11H,4-6,8-9H2,1H3. The average Bonchev–Trinajstić information content (AvgIpc) is 2.63. The second-order valence-electron chi connectivity index (χ2n) is 5.43. The number of amides is 1. The molecule has 0 spiro atoms. The largest absolute Gasteiger partial charge is 0.337 e. The SMILES string of the molecule is CN1C2CCC1CN(C(=O)c1cccnc1Br)CC2. The normalized spacial score (nSPS) is 27.4. The second-order valence-corrected chi connectivity index (χ2v) is 6.18. The van der Waals surface area contributed by atoms with Crippen molar-refractivity contribution < 1.29 is 4.79 Å². The first-order valence-electron chi connectivity index (χ1n) is 6.78. The predicted molar refractivity (Wildman–Crippen MR) is 77.0 cm³/mol. The number of carbonyl (C=O) groups is 1. The van der Waals surface area contributed by atoms with Crippen LogP contribution in [0.5, 0.6) is 0 Å². The van der Waals surface area contributed by atoms with E-state index in [0.717, 1.165) is 19.5 Å². The number of likely N-dealkylation sites (N-methyl/N-ethyl adjacent to an activating group) is 1. The third kappa shape index (κ3) is 2.41. The first-order valence-corrected chi connectivity index (χ1v) is 7.58. The molecule has 102 valence electrons. The van der Waals surface area contributed by atoms with Crippen LogP contribution in [-0.4, -0.2) is 52.9 Å². The van der Waals surface area contributed by atoms with Crippen molar-refractivity contribution in [2.75, 3.05) is 20.1 Å². The minimum absolute atomic E-state index is 0.0981. The van der Waals surface area contributed by atoms with Crippen LogP contribution in [0.15, 0.2) is 22.9 Å². The minimum Gasteiger partial charge on any atom is -0.337 e. The van der Waals surface area contributed by atoms with Gasteiger partial charge >= 0.3 is 0 Å². The van der Waals surface area contributed by atoms with Crippen LogP contribution in [0.2, 0.25) is 0 Å². The average molecular weight is 324 g/mol. The molecule has 2 unspecified atom stereocenters. The summed E-state index contributed by atoms with van der Waals surface area (Å²) in [6.07, 6.45) is 5.26. The van der Waals surface area contributed by atoms with Crippen LogP contribution in [0.4, 0.5) is 0 Å². The van der Waals surface area contributed by atoms with Crippen LogP contribution in [0.25, 0.3) is 0 Å². The summed E-state index contributed by atoms with van der Waals surface area (Å²) in [5.41, 5.74) is 0.669. The Morgan fingerprint density at radius 2 is 2.16 bits per heavy atom. The summed E-state index contributed by atoms with van der Waals surface area (Å²) in [6, 6.07) is 4.83. The monoisotopic (exact) mass is 323 g/mol. The molecule has 2 atom stereocenters. The number of halogens is 1. The number of nitrogens with zero attached hydrogens (tertiary/aromatic N) is 3. The first kappa shape index (κ1) is 13.1. The van der Waals surface area contributed by atoms with Gasteiger partial charge in [-0.1, -0.05) is 0 Å². The Hall–Kier alpha value is -0.940. The van der Waals surface area contributed by atoms with Crippen molar-refractivity contribution in [2.45, 2.75) is 31.3 Å². The van der Waals surface area contributed by atoms with Gasteiger partial charge in [0, 0.05) is 31.4 Å². The Kier molecular flexibility index (Phi) is 3.58. The third-order valence-corrected chi connectivity index (χ3v) is 5.06. The maximum absolute atomic E-state index is 12.6. The van der Waals surface area contributed by atoms with Crippen molar-refractivity contribution in [3.05, 3.63) is 28.5 Å². The molecule has 0 N–H and O–H groups in total. The molecular formula is C14H18BrN3O. The lowest BCUT2D eigenvalue weighted by Crippen LogP contribution is -2.39. The van der Waals surface area contributed by atoms with Crippen molar-refractivity contribution in [2.24, 2.45) is 0 Å². The van der Waals surface area contributed by atoms with Gasteiger partial charge in [0.15, 0.2) is 0 Å². The van der Waals surface area contributed by atoms with E-state index >= 15 is 0 Å². The molecule has 1 amide bonds. The van der Waals surface area contributed by atoms with Crippen LogP contribution >= 0.6 is 15.9 Å². The summed E-state index contributed by atoms with van der Waals surface area (Å²) >= 11 is 3.37. The summed E-state index contributed by atoms with van der Waals surface area (Å²) in [7, 11) is 2.19. The molecule has 2 aliphatic rings. The van der Waals surface area contributed by atoms with E-state index in [-0.39, 0.29) is 5.91 Å². The molecule has 1 aromatic heterocycles. The lowest BCUT2D eigenvalue weighted by molar-refractivity contribution is 0.0739. The molecule has 3 rings (SSSR count). The number of aromatic nitrogens is 1. The Balaban J connectivity index is 1.80. The van der Waals surface area contributed by atoms with Crippen LogP contribution in [-0.2, 0) is 0 Å². The van der Waals surface area contributed by atoms with Crippen molar-refractivity contribution >= 4 is 21.8 Å². The topological polar surface area (TPSA) is 36.4 Å². The fourth-order valence-corrected chi connectivity index (χ4v) is 3.63. The van der Waals surface area contributed by atoms with Crippen LogP contribution in [0, 0.1) is 0 Å². The van der Waals surface area contributed by atoms with Gasteiger partial charge in [-0.3, -0.25) is 9.69 Å². The van der Waals surface area contributed by atoms with Gasteiger partial charge in [0.1, 0.15) is 4.60 Å². The summed E-state index contributed by atoms with van der Waals surface area (Å²) in [4.78, 5) is 21.2. The molecule has 5 heteroatoms. The van der Waals surface area contributed by atoms with E-state index in [1.807, 2.05) is 17.0 Å². The van der Waals surface area contributed by atoms with Gasteiger partial charge in [-0.15, -0.1) is 0 Å². The smallest absolute Gasteiger partial charge is 0.256 e. The summed E-state index contributed by atoms with van der Waals surface area (Å²) in [6.45, 7) is 1.69. The Morgan fingerprint density at radius 3 is 2.95 bits per heavy atom. The fraction of sp³-hybridized carbons (Fsp3) is 0.571. The number of pyridine rings is 1. The molecule has 0 aliphatic carbocycles. The van der Waals surface area contributed by atoms with Crippen molar-refractivity contribution in [3.63, 3.8) is 0 Å². The number of hydrogen-bond donors (Lipinski definition) is 0. The Morgan fingerprint density at radius 1 is 1.37 bits per heavy atom. The van der Waals surface area contributed by atoms with E-state index in [1.54, 1.807) is 6.20 Å². The van der Waals surface area contributed by atoms with Crippen LogP contribution in [0.3, 0.4) is 0 Å². The predicted octanol–water partition coefficient (Wildman–Crippen LogP) is 2.15. The van der Waals surface area contributed by atoms with E-state index in [2.05, 4.69) is 32.9 Å². The maximum atomic E-state index is 12.6. The Labute approximate surface area is 121 Å². The number of rotatable bonds is 1. The molecule has 4 nitrogen and oxygen atoms in total. The molecule has 1 aromatic rings. The highest BCUT2D eigenvalue weighted by molar-refractivity contribution is 9.10. The number of hydrogen-bond acceptors (Lipinski definition) is 3. The van der Waals surface area contributed by atoms with Gasteiger partial charge in [0.25, 0.3) is 5.91 Å². The van der Waals surface area contributed by atoms with Gasteiger partial charge in [0.2, 0.25) is 0 Å². The lowest BCUT2D eigenvalue weighted by atomic mass is 10.1. The summed E-state index contributed by atoms with van der Waals surface area (Å²) in [5.74, 6) is 0.0981. The number of carbonyl (C=O) groups excluding carboxylic acids is 1. The minimum atomic E-state index is 0.0981. The van der Waals surface area contributed by atoms with E-state index < -0.39 is 0 Å². The van der Waals surface area contributed by atoms with Gasteiger partial charge in [0.05, 0.1) is 5.56 Å². The molecule has 2 aliphatic heterocycles. The van der Waals surface area contributed by atoms with Gasteiger partial charge in [-0.05, 0) is 54.4 Å². The van der Waals surface area contributed by atoms with Gasteiger partial charge in [-0.25, -0.2) is 4.98 Å². The number of likely N-dealkylation sites (tertiary alicyclic amines) is 1. The molecule has 2 bridgehead atoms. The second kappa shape index (κ2) is 5.21. The van der Waals surface area contributed by atoms with Crippen LogP contribution in [0.1, 0.15) is 29.6 Å². The highest BCUT2D eigenvalue weighted by Crippen LogP contribution is 2.29. The molecule has 2 saturated heterocycles.